The minimum Gasteiger partial charge on any atom is -0.210 e. The molecule has 0 radical (unpaired) electrons. The molecule has 2 aromatic rings. The molecule has 0 aromatic heterocycles. The summed E-state index contributed by atoms with van der Waals surface area (Å²) in [6.45, 7) is 2.36. The molecule has 1 N–H and O–H groups in total. The van der Waals surface area contributed by atoms with Crippen LogP contribution in [0.2, 0.25) is 0 Å². The molecule has 3 rings (SSSR count). The Morgan fingerprint density at radius 2 is 1.77 bits per heavy atom. The summed E-state index contributed by atoms with van der Waals surface area (Å²) in [5, 5.41) is 0. The van der Waals surface area contributed by atoms with Gasteiger partial charge in [0.1, 0.15) is 0 Å². The first-order chi connectivity index (χ1) is 10.5. The zero-order valence-electron chi connectivity index (χ0n) is 12.7. The molecule has 0 atom stereocenters. The molecule has 3 nitrogen and oxygen atoms in total. The van der Waals surface area contributed by atoms with Gasteiger partial charge in [-0.2, -0.15) is 0 Å². The maximum absolute atomic E-state index is 12.5. The van der Waals surface area contributed by atoms with Crippen LogP contribution in [0, 0.1) is 6.92 Å². The van der Waals surface area contributed by atoms with Crippen molar-refractivity contribution < 1.29 is 8.42 Å². The number of aryl methyl sites for hydroxylation is 1. The maximum Gasteiger partial charge on any atom is 0.240 e. The second-order valence-corrected chi connectivity index (χ2v) is 7.91. The van der Waals surface area contributed by atoms with E-state index in [0.717, 1.165) is 24.8 Å². The molecular formula is C18H21NO2S. The molecule has 0 bridgehead atoms. The normalized spacial score (nSPS) is 17.0. The van der Waals surface area contributed by atoms with Crippen LogP contribution in [0.1, 0.15) is 30.4 Å². The Hall–Kier alpha value is -1.65. The molecule has 1 fully saturated rings. The van der Waals surface area contributed by atoms with Crippen molar-refractivity contribution in [1.29, 1.82) is 0 Å². The van der Waals surface area contributed by atoms with Gasteiger partial charge in [-0.1, -0.05) is 48.9 Å². The zero-order valence-corrected chi connectivity index (χ0v) is 13.6. The molecule has 116 valence electrons. The molecular weight excluding hydrogens is 294 g/mol. The third-order valence-electron chi connectivity index (χ3n) is 4.60. The van der Waals surface area contributed by atoms with Crippen molar-refractivity contribution in [2.75, 3.05) is 6.54 Å². The minimum absolute atomic E-state index is 0.0435. The number of sulfonamides is 1. The summed E-state index contributed by atoms with van der Waals surface area (Å²) in [4.78, 5) is 0.343. The van der Waals surface area contributed by atoms with Gasteiger partial charge in [0, 0.05) is 12.0 Å². The Balaban J connectivity index is 1.79. The number of nitrogens with one attached hydrogen (secondary N) is 1. The van der Waals surface area contributed by atoms with Crippen LogP contribution in [-0.4, -0.2) is 15.0 Å². The van der Waals surface area contributed by atoms with Gasteiger partial charge < -0.3 is 0 Å². The average Bonchev–Trinajstić information content (AvgIpc) is 2.47. The van der Waals surface area contributed by atoms with Gasteiger partial charge in [0.2, 0.25) is 10.0 Å². The first-order valence-electron chi connectivity index (χ1n) is 7.64. The second kappa shape index (κ2) is 5.86. The molecule has 22 heavy (non-hydrogen) atoms. The van der Waals surface area contributed by atoms with Crippen LogP contribution in [0.5, 0.6) is 0 Å². The minimum atomic E-state index is -3.45. The second-order valence-electron chi connectivity index (χ2n) is 6.14. The lowest BCUT2D eigenvalue weighted by Gasteiger charge is -2.42. The summed E-state index contributed by atoms with van der Waals surface area (Å²) < 4.78 is 27.8. The van der Waals surface area contributed by atoms with E-state index >= 15 is 0 Å². The van der Waals surface area contributed by atoms with Gasteiger partial charge in [-0.25, -0.2) is 13.1 Å². The van der Waals surface area contributed by atoms with E-state index in [1.54, 1.807) is 18.2 Å². The van der Waals surface area contributed by atoms with Crippen LogP contribution in [0.15, 0.2) is 59.5 Å². The Bertz CT molecular complexity index is 750. The predicted octanol–water partition coefficient (Wildman–Crippen LogP) is 3.40. The highest BCUT2D eigenvalue weighted by atomic mass is 32.2. The molecule has 2 aromatic carbocycles. The van der Waals surface area contributed by atoms with Crippen molar-refractivity contribution in [2.24, 2.45) is 0 Å². The SMILES string of the molecule is Cc1cccc(S(=O)(=O)NCC2(c3ccccc3)CCC2)c1. The largest absolute Gasteiger partial charge is 0.240 e. The molecule has 0 aliphatic heterocycles. The van der Waals surface area contributed by atoms with Gasteiger partial charge in [-0.05, 0) is 43.0 Å². The van der Waals surface area contributed by atoms with Gasteiger partial charge in [0.15, 0.2) is 0 Å². The van der Waals surface area contributed by atoms with E-state index in [0.29, 0.717) is 11.4 Å². The van der Waals surface area contributed by atoms with Crippen LogP contribution < -0.4 is 4.72 Å². The van der Waals surface area contributed by atoms with Gasteiger partial charge >= 0.3 is 0 Å². The number of benzene rings is 2. The number of hydrogen-bond acceptors (Lipinski definition) is 2. The van der Waals surface area contributed by atoms with Gasteiger partial charge in [0.25, 0.3) is 0 Å². The third kappa shape index (κ3) is 2.94. The Labute approximate surface area is 132 Å². The van der Waals surface area contributed by atoms with E-state index in [9.17, 15) is 8.42 Å². The fourth-order valence-corrected chi connectivity index (χ4v) is 4.29. The van der Waals surface area contributed by atoms with Crippen LogP contribution in [0.25, 0.3) is 0 Å². The lowest BCUT2D eigenvalue weighted by molar-refractivity contribution is 0.245. The van der Waals surface area contributed by atoms with Gasteiger partial charge in [-0.3, -0.25) is 0 Å². The summed E-state index contributed by atoms with van der Waals surface area (Å²) in [6.07, 6.45) is 3.22. The quantitative estimate of drug-likeness (QED) is 0.919. The summed E-state index contributed by atoms with van der Waals surface area (Å²) in [5.74, 6) is 0. The number of rotatable bonds is 5. The third-order valence-corrected chi connectivity index (χ3v) is 6.00. The smallest absolute Gasteiger partial charge is 0.210 e. The topological polar surface area (TPSA) is 46.2 Å². The van der Waals surface area contributed by atoms with E-state index in [1.165, 1.54) is 5.56 Å². The van der Waals surface area contributed by atoms with Crippen molar-refractivity contribution in [2.45, 2.75) is 36.5 Å². The summed E-state index contributed by atoms with van der Waals surface area (Å²) >= 11 is 0. The van der Waals surface area contributed by atoms with E-state index < -0.39 is 10.0 Å². The highest BCUT2D eigenvalue weighted by Gasteiger charge is 2.39. The summed E-state index contributed by atoms with van der Waals surface area (Å²) in [6, 6.07) is 17.3. The first kappa shape index (κ1) is 15.3. The fourth-order valence-electron chi connectivity index (χ4n) is 3.06. The van der Waals surface area contributed by atoms with Crippen LogP contribution in [0.3, 0.4) is 0 Å². The van der Waals surface area contributed by atoms with E-state index in [4.69, 9.17) is 0 Å². The monoisotopic (exact) mass is 315 g/mol. The fraction of sp³-hybridized carbons (Fsp3) is 0.333. The summed E-state index contributed by atoms with van der Waals surface area (Å²) in [7, 11) is -3.45. The standard InChI is InChI=1S/C18H21NO2S/c1-15-7-5-10-17(13-15)22(20,21)19-14-18(11-6-12-18)16-8-3-2-4-9-16/h2-5,7-10,13,19H,6,11-12,14H2,1H3. The Kier molecular flexibility index (Phi) is 4.06. The van der Waals surface area contributed by atoms with Crippen LogP contribution in [0.4, 0.5) is 0 Å². The van der Waals surface area contributed by atoms with Crippen molar-refractivity contribution in [3.05, 3.63) is 65.7 Å². The van der Waals surface area contributed by atoms with Crippen molar-refractivity contribution in [3.8, 4) is 0 Å². The molecule has 1 saturated carbocycles. The zero-order chi connectivity index (χ0) is 15.6. The number of hydrogen-bond donors (Lipinski definition) is 1. The van der Waals surface area contributed by atoms with Gasteiger partial charge in [0.05, 0.1) is 4.90 Å². The average molecular weight is 315 g/mol. The molecule has 0 heterocycles. The van der Waals surface area contributed by atoms with Gasteiger partial charge in [-0.15, -0.1) is 0 Å². The van der Waals surface area contributed by atoms with Crippen LogP contribution in [-0.2, 0) is 15.4 Å². The van der Waals surface area contributed by atoms with Crippen molar-refractivity contribution >= 4 is 10.0 Å². The molecule has 4 heteroatoms. The predicted molar refractivity (Wildman–Crippen MR) is 88.3 cm³/mol. The molecule has 1 aliphatic rings. The molecule has 0 saturated heterocycles. The van der Waals surface area contributed by atoms with Crippen molar-refractivity contribution in [3.63, 3.8) is 0 Å². The lowest BCUT2D eigenvalue weighted by atomic mass is 9.64. The molecule has 1 aliphatic carbocycles. The van der Waals surface area contributed by atoms with Crippen LogP contribution >= 0.6 is 0 Å². The Morgan fingerprint density at radius 3 is 2.36 bits per heavy atom. The highest BCUT2D eigenvalue weighted by Crippen LogP contribution is 2.43. The highest BCUT2D eigenvalue weighted by molar-refractivity contribution is 7.89. The summed E-state index contributed by atoms with van der Waals surface area (Å²) in [5.41, 5.74) is 2.13. The van der Waals surface area contributed by atoms with E-state index in [1.807, 2.05) is 31.2 Å². The molecule has 0 amide bonds. The maximum atomic E-state index is 12.5. The Morgan fingerprint density at radius 1 is 1.05 bits per heavy atom. The van der Waals surface area contributed by atoms with Crippen molar-refractivity contribution in [1.82, 2.24) is 4.72 Å². The molecule has 0 spiro atoms. The van der Waals surface area contributed by atoms with E-state index in [-0.39, 0.29) is 5.41 Å². The first-order valence-corrected chi connectivity index (χ1v) is 9.12. The van der Waals surface area contributed by atoms with E-state index in [2.05, 4.69) is 16.9 Å². The lowest BCUT2D eigenvalue weighted by Crippen LogP contribution is -2.45. The molecule has 0 unspecified atom stereocenters.